The van der Waals surface area contributed by atoms with E-state index in [1.165, 1.54) is 12.1 Å². The third-order valence-corrected chi connectivity index (χ3v) is 5.15. The maximum absolute atomic E-state index is 13.0. The molecule has 3 rings (SSSR count). The van der Waals surface area contributed by atoms with Crippen LogP contribution in [0.1, 0.15) is 24.3 Å². The van der Waals surface area contributed by atoms with Gasteiger partial charge in [-0.1, -0.05) is 12.1 Å². The number of halogens is 4. The van der Waals surface area contributed by atoms with Gasteiger partial charge >= 0.3 is 18.2 Å². The molecule has 1 saturated carbocycles. The number of carbonyl (C=O) groups is 2. The maximum atomic E-state index is 13.0. The lowest BCUT2D eigenvalue weighted by Crippen LogP contribution is -2.49. The Hall–Kier alpha value is -2.32. The lowest BCUT2D eigenvalue weighted by molar-refractivity contribution is -0.187. The van der Waals surface area contributed by atoms with Gasteiger partial charge in [-0.05, 0) is 36.5 Å². The molecule has 1 aliphatic heterocycles. The summed E-state index contributed by atoms with van der Waals surface area (Å²) in [5.41, 5.74) is 0.946. The zero-order chi connectivity index (χ0) is 19.1. The summed E-state index contributed by atoms with van der Waals surface area (Å²) in [5.74, 6) is -5.43. The van der Waals surface area contributed by atoms with Gasteiger partial charge in [-0.15, -0.1) is 0 Å². The molecule has 1 aliphatic carbocycles. The number of rotatable bonds is 3. The third-order valence-electron chi connectivity index (χ3n) is 5.15. The molecule has 1 aromatic carbocycles. The average Bonchev–Trinajstić information content (AvgIpc) is 2.97. The van der Waals surface area contributed by atoms with Gasteiger partial charge < -0.3 is 15.3 Å². The van der Waals surface area contributed by atoms with Gasteiger partial charge in [-0.25, -0.2) is 9.18 Å². The summed E-state index contributed by atoms with van der Waals surface area (Å²) in [4.78, 5) is 24.2. The zero-order valence-electron chi connectivity index (χ0n) is 13.7. The topological polar surface area (TPSA) is 69.6 Å². The molecule has 0 unspecified atom stereocenters. The summed E-state index contributed by atoms with van der Waals surface area (Å²) in [5, 5.41) is 11.6. The van der Waals surface area contributed by atoms with Gasteiger partial charge in [0.15, 0.2) is 0 Å². The Kier molecular flexibility index (Phi) is 4.81. The summed E-state index contributed by atoms with van der Waals surface area (Å²) in [6, 6.07) is 5.19. The van der Waals surface area contributed by atoms with Crippen LogP contribution in [0.2, 0.25) is 0 Å². The van der Waals surface area contributed by atoms with Crippen molar-refractivity contribution in [2.45, 2.75) is 31.0 Å². The quantitative estimate of drug-likeness (QED) is 0.800. The molecule has 1 aromatic rings. The Morgan fingerprint density at radius 1 is 1.12 bits per heavy atom. The Morgan fingerprint density at radius 3 is 2.23 bits per heavy atom. The monoisotopic (exact) mass is 374 g/mol. The van der Waals surface area contributed by atoms with Gasteiger partial charge in [-0.2, -0.15) is 13.2 Å². The molecule has 0 radical (unpaired) electrons. The van der Waals surface area contributed by atoms with Gasteiger partial charge in [-0.3, -0.25) is 4.79 Å². The van der Waals surface area contributed by atoms with Crippen LogP contribution in [0.4, 0.5) is 22.4 Å². The first kappa shape index (κ1) is 18.5. The fraction of sp³-hybridized carbons (Fsp3) is 0.529. The number of carbonyl (C=O) groups excluding carboxylic acids is 1. The average molecular weight is 374 g/mol. The van der Waals surface area contributed by atoms with Crippen LogP contribution >= 0.6 is 0 Å². The van der Waals surface area contributed by atoms with E-state index in [1.807, 2.05) is 0 Å². The van der Waals surface area contributed by atoms with E-state index in [-0.39, 0.29) is 17.8 Å². The van der Waals surface area contributed by atoms with E-state index in [9.17, 15) is 27.2 Å². The number of carboxylic acid groups (broad SMARTS) is 1. The first-order valence-corrected chi connectivity index (χ1v) is 8.25. The smallest absolute Gasteiger partial charge is 0.394 e. The van der Waals surface area contributed by atoms with Gasteiger partial charge in [0.05, 0.1) is 11.8 Å². The highest BCUT2D eigenvalue weighted by Gasteiger charge is 2.53. The van der Waals surface area contributed by atoms with Gasteiger partial charge in [0.2, 0.25) is 0 Å². The highest BCUT2D eigenvalue weighted by Crippen LogP contribution is 2.39. The van der Waals surface area contributed by atoms with Crippen molar-refractivity contribution in [2.75, 3.05) is 13.1 Å². The number of aliphatic carboxylic acids is 1. The van der Waals surface area contributed by atoms with Crippen LogP contribution in [0.5, 0.6) is 0 Å². The molecule has 142 valence electrons. The van der Waals surface area contributed by atoms with E-state index in [0.29, 0.717) is 12.8 Å². The number of amides is 2. The number of hydrogen-bond acceptors (Lipinski definition) is 2. The molecule has 1 heterocycles. The number of carboxylic acids is 1. The lowest BCUT2D eigenvalue weighted by atomic mass is 9.76. The number of hydrogen-bond donors (Lipinski definition) is 2. The van der Waals surface area contributed by atoms with Crippen LogP contribution in [0.25, 0.3) is 0 Å². The molecule has 2 aliphatic rings. The Labute approximate surface area is 147 Å². The number of benzene rings is 1. The SMILES string of the molecule is O=C(O)[C@@H]1CN(C(=O)NC2CC(c3ccc(F)cc3)C2)C[C@H]1C(F)(F)F. The van der Waals surface area contributed by atoms with E-state index in [1.54, 1.807) is 12.1 Å². The van der Waals surface area contributed by atoms with E-state index < -0.39 is 43.1 Å². The first-order valence-electron chi connectivity index (χ1n) is 8.25. The maximum Gasteiger partial charge on any atom is 0.394 e. The van der Waals surface area contributed by atoms with Gasteiger partial charge in [0.1, 0.15) is 5.82 Å². The molecule has 0 bridgehead atoms. The van der Waals surface area contributed by atoms with E-state index in [4.69, 9.17) is 5.11 Å². The fourth-order valence-corrected chi connectivity index (χ4v) is 3.56. The predicted octanol–water partition coefficient (Wildman–Crippen LogP) is 2.98. The second kappa shape index (κ2) is 6.77. The molecule has 2 amide bonds. The molecule has 2 atom stereocenters. The van der Waals surface area contributed by atoms with Crippen molar-refractivity contribution >= 4 is 12.0 Å². The summed E-state index contributed by atoms with van der Waals surface area (Å²) >= 11 is 0. The van der Waals surface area contributed by atoms with Crippen molar-refractivity contribution in [3.8, 4) is 0 Å². The van der Waals surface area contributed by atoms with Crippen molar-refractivity contribution in [1.82, 2.24) is 10.2 Å². The summed E-state index contributed by atoms with van der Waals surface area (Å²) < 4.78 is 51.8. The Balaban J connectivity index is 1.53. The number of likely N-dealkylation sites (tertiary alicyclic amines) is 1. The van der Waals surface area contributed by atoms with Crippen LogP contribution in [0.15, 0.2) is 24.3 Å². The molecule has 5 nitrogen and oxygen atoms in total. The summed E-state index contributed by atoms with van der Waals surface area (Å²) in [6.07, 6.45) is -3.45. The van der Waals surface area contributed by atoms with Crippen molar-refractivity contribution in [1.29, 1.82) is 0 Å². The van der Waals surface area contributed by atoms with Crippen LogP contribution in [0, 0.1) is 17.7 Å². The van der Waals surface area contributed by atoms with E-state index in [2.05, 4.69) is 5.32 Å². The van der Waals surface area contributed by atoms with Gasteiger partial charge in [0, 0.05) is 19.1 Å². The lowest BCUT2D eigenvalue weighted by Gasteiger charge is -2.37. The molecule has 9 heteroatoms. The second-order valence-corrected chi connectivity index (χ2v) is 6.86. The summed E-state index contributed by atoms with van der Waals surface area (Å²) in [6.45, 7) is -1.11. The molecule has 26 heavy (non-hydrogen) atoms. The molecule has 0 spiro atoms. The standard InChI is InChI=1S/C17H18F4N2O3/c18-11-3-1-9(2-4-11)10-5-12(6-10)22-16(26)23-7-13(15(24)25)14(8-23)17(19,20)21/h1-4,10,12-14H,5-8H2,(H,22,26)(H,24,25)/t10?,12?,13-,14-/m1/s1. The van der Waals surface area contributed by atoms with Crippen LogP contribution in [-0.4, -0.2) is 47.3 Å². The van der Waals surface area contributed by atoms with Crippen LogP contribution in [-0.2, 0) is 4.79 Å². The van der Waals surface area contributed by atoms with Crippen molar-refractivity contribution in [3.63, 3.8) is 0 Å². The normalized spacial score (nSPS) is 28.5. The number of nitrogens with zero attached hydrogens (tertiary/aromatic N) is 1. The van der Waals surface area contributed by atoms with Crippen LogP contribution < -0.4 is 5.32 Å². The fourth-order valence-electron chi connectivity index (χ4n) is 3.56. The highest BCUT2D eigenvalue weighted by atomic mass is 19.4. The number of nitrogens with one attached hydrogen (secondary N) is 1. The van der Waals surface area contributed by atoms with Crippen molar-refractivity contribution in [2.24, 2.45) is 11.8 Å². The van der Waals surface area contributed by atoms with E-state index >= 15 is 0 Å². The van der Waals surface area contributed by atoms with Crippen LogP contribution in [0.3, 0.4) is 0 Å². The highest BCUT2D eigenvalue weighted by molar-refractivity contribution is 5.78. The van der Waals surface area contributed by atoms with Crippen molar-refractivity contribution in [3.05, 3.63) is 35.6 Å². The minimum absolute atomic E-state index is 0.161. The Bertz CT molecular complexity index is 686. The number of alkyl halides is 3. The van der Waals surface area contributed by atoms with Crippen molar-refractivity contribution < 1.29 is 32.3 Å². The molecular formula is C17H18F4N2O3. The molecule has 2 fully saturated rings. The molecule has 0 aromatic heterocycles. The number of urea groups is 1. The third kappa shape index (κ3) is 3.76. The van der Waals surface area contributed by atoms with E-state index in [0.717, 1.165) is 10.5 Å². The largest absolute Gasteiger partial charge is 0.481 e. The minimum atomic E-state index is -4.66. The molecular weight excluding hydrogens is 356 g/mol. The predicted molar refractivity (Wildman–Crippen MR) is 82.9 cm³/mol. The second-order valence-electron chi connectivity index (χ2n) is 6.86. The summed E-state index contributed by atoms with van der Waals surface area (Å²) in [7, 11) is 0. The first-order chi connectivity index (χ1) is 12.1. The Morgan fingerprint density at radius 2 is 1.73 bits per heavy atom. The molecule has 2 N–H and O–H groups in total. The molecule has 1 saturated heterocycles. The minimum Gasteiger partial charge on any atom is -0.481 e. The zero-order valence-corrected chi connectivity index (χ0v) is 13.7. The van der Waals surface area contributed by atoms with Gasteiger partial charge in [0.25, 0.3) is 0 Å².